The molecule has 0 fully saturated rings. The monoisotopic (exact) mass is 377 g/mol. The third kappa shape index (κ3) is 67.3. The van der Waals surface area contributed by atoms with Crippen molar-refractivity contribution in [2.24, 2.45) is 0 Å². The Hall–Kier alpha value is 2.13. The number of hydrogen-bond acceptors (Lipinski definition) is 1. The summed E-state index contributed by atoms with van der Waals surface area (Å²) in [6, 6.07) is 0. The van der Waals surface area contributed by atoms with Crippen molar-refractivity contribution in [2.75, 3.05) is 0 Å². The van der Waals surface area contributed by atoms with Gasteiger partial charge in [-0.15, -0.1) is 12.4 Å². The number of halogens is 1. The van der Waals surface area contributed by atoms with E-state index in [0.717, 1.165) is 0 Å². The molecule has 39 valence electrons. The fourth-order valence-electron chi connectivity index (χ4n) is 0. The van der Waals surface area contributed by atoms with Crippen LogP contribution in [0, 0.1) is 77.3 Å². The van der Waals surface area contributed by atoms with Crippen LogP contribution >= 0.6 is 12.4 Å². The predicted molar refractivity (Wildman–Crippen MR) is 17.9 cm³/mol. The fraction of sp³-hybridized carbons (Fsp3) is 0. The Bertz CT molecular complexity index is 37.9. The van der Waals surface area contributed by atoms with Crippen molar-refractivity contribution in [3.8, 4) is 0 Å². The van der Waals surface area contributed by atoms with E-state index >= 15 is 0 Å². The second kappa shape index (κ2) is 15.7. The first kappa shape index (κ1) is 22.9. The van der Waals surface area contributed by atoms with Gasteiger partial charge in [-0.2, -0.15) is 0 Å². The zero-order chi connectivity index (χ0) is 3.58. The first-order valence-corrected chi connectivity index (χ1v) is 0.651. The molecule has 0 rings (SSSR count). The molecule has 0 spiro atoms. The molecule has 0 aliphatic rings. The van der Waals surface area contributed by atoms with E-state index in [0.29, 0.717) is 0 Å². The van der Waals surface area contributed by atoms with E-state index in [-0.39, 0.29) is 89.8 Å². The quantitative estimate of drug-likeness (QED) is 0.652. The number of carboxylic acid groups (broad SMARTS) is 2. The smallest absolute Gasteiger partial charge is 0.450 e. The zero-order valence-electron chi connectivity index (χ0n) is 3.29. The average molecular weight is 378 g/mol. The van der Waals surface area contributed by atoms with Gasteiger partial charge in [0.25, 0.3) is 0 Å². The summed E-state index contributed by atoms with van der Waals surface area (Å²) >= 11 is 0. The van der Waals surface area contributed by atoms with E-state index in [2.05, 4.69) is 0 Å². The summed E-state index contributed by atoms with van der Waals surface area (Å²) in [4.78, 5) is 8.56. The van der Waals surface area contributed by atoms with E-state index in [4.69, 9.17) is 15.0 Å². The molecule has 0 aromatic heterocycles. The van der Waals surface area contributed by atoms with Crippen molar-refractivity contribution < 1.29 is 92.4 Å². The van der Waals surface area contributed by atoms with Gasteiger partial charge in [-0.1, -0.05) is 0 Å². The molecule has 0 aliphatic carbocycles. The molecule has 0 bridgehead atoms. The van der Waals surface area contributed by atoms with Crippen LogP contribution < -0.4 is 0 Å². The molecular formula is CH3CeClLaO3. The summed E-state index contributed by atoms with van der Waals surface area (Å²) in [5, 5.41) is 13.9. The molecule has 0 aromatic rings. The van der Waals surface area contributed by atoms with E-state index in [1.165, 1.54) is 0 Å². The maximum atomic E-state index is 8.56. The second-order valence-corrected chi connectivity index (χ2v) is 0.283. The summed E-state index contributed by atoms with van der Waals surface area (Å²) < 4.78 is 0. The molecule has 0 aromatic carbocycles. The standard InChI is InChI=1S/CH2O3.Ce.ClH.La/c2-1(3)4;;;/h(H2,2,3,4);;1H;. The first-order chi connectivity index (χ1) is 1.73. The molecule has 0 unspecified atom stereocenters. The Morgan fingerprint density at radius 3 is 1.29 bits per heavy atom. The second-order valence-electron chi connectivity index (χ2n) is 0.283. The molecule has 0 amide bonds. The summed E-state index contributed by atoms with van der Waals surface area (Å²) in [6.45, 7) is 0. The summed E-state index contributed by atoms with van der Waals surface area (Å²) in [6.07, 6.45) is -1.83. The Labute approximate surface area is 109 Å². The van der Waals surface area contributed by atoms with Crippen LogP contribution in [0.1, 0.15) is 0 Å². The van der Waals surface area contributed by atoms with E-state index < -0.39 is 6.16 Å². The normalized spacial score (nSPS) is 3.43. The molecule has 0 heterocycles. The summed E-state index contributed by atoms with van der Waals surface area (Å²) in [5.74, 6) is 0. The van der Waals surface area contributed by atoms with Crippen LogP contribution in [0.25, 0.3) is 0 Å². The zero-order valence-corrected chi connectivity index (χ0v) is 10.9. The molecule has 0 atom stereocenters. The molecule has 2 N–H and O–H groups in total. The van der Waals surface area contributed by atoms with Crippen molar-refractivity contribution in [1.29, 1.82) is 0 Å². The summed E-state index contributed by atoms with van der Waals surface area (Å²) in [7, 11) is 0. The fourth-order valence-corrected chi connectivity index (χ4v) is 0. The average Bonchev–Trinajstić information content (AvgIpc) is 0.811. The minimum atomic E-state index is -1.83. The van der Waals surface area contributed by atoms with Gasteiger partial charge in [0, 0.05) is 77.3 Å². The molecule has 1 radical (unpaired) electrons. The maximum absolute atomic E-state index is 8.56. The van der Waals surface area contributed by atoms with Crippen LogP contribution in [0.3, 0.4) is 0 Å². The van der Waals surface area contributed by atoms with Crippen LogP contribution in [0.4, 0.5) is 4.79 Å². The van der Waals surface area contributed by atoms with Gasteiger partial charge >= 0.3 is 6.16 Å². The Morgan fingerprint density at radius 1 is 1.29 bits per heavy atom. The predicted octanol–water partition coefficient (Wildman–Crippen LogP) is 0.644. The SMILES string of the molecule is Cl.O=C(O)O.[Ce].[La]. The van der Waals surface area contributed by atoms with Crippen LogP contribution in [0.2, 0.25) is 0 Å². The van der Waals surface area contributed by atoms with Crippen LogP contribution in [-0.4, -0.2) is 16.4 Å². The molecule has 0 saturated carbocycles. The number of rotatable bonds is 0. The first-order valence-electron chi connectivity index (χ1n) is 0.651. The largest absolute Gasteiger partial charge is 0.503 e. The van der Waals surface area contributed by atoms with E-state index in [9.17, 15) is 0 Å². The van der Waals surface area contributed by atoms with Gasteiger partial charge in [-0.05, 0) is 0 Å². The van der Waals surface area contributed by atoms with Gasteiger partial charge in [-0.25, -0.2) is 4.79 Å². The topological polar surface area (TPSA) is 57.5 Å². The van der Waals surface area contributed by atoms with E-state index in [1.807, 2.05) is 0 Å². The van der Waals surface area contributed by atoms with Crippen LogP contribution in [-0.2, 0) is 0 Å². The summed E-state index contributed by atoms with van der Waals surface area (Å²) in [5.41, 5.74) is 0. The van der Waals surface area contributed by atoms with Gasteiger partial charge in [0.2, 0.25) is 0 Å². The minimum absolute atomic E-state index is 0. The van der Waals surface area contributed by atoms with Gasteiger partial charge in [0.1, 0.15) is 0 Å². The molecule has 6 heteroatoms. The third-order valence-corrected chi connectivity index (χ3v) is 0. The molecular weight excluding hydrogens is 374 g/mol. The Morgan fingerprint density at radius 2 is 1.29 bits per heavy atom. The van der Waals surface area contributed by atoms with Gasteiger partial charge in [0.15, 0.2) is 0 Å². The van der Waals surface area contributed by atoms with Gasteiger partial charge < -0.3 is 10.2 Å². The van der Waals surface area contributed by atoms with Crippen molar-refractivity contribution in [3.05, 3.63) is 0 Å². The van der Waals surface area contributed by atoms with Crippen molar-refractivity contribution in [1.82, 2.24) is 0 Å². The number of carbonyl (C=O) groups is 1. The Kier molecular flexibility index (Phi) is 51.4. The molecule has 0 saturated heterocycles. The molecule has 3 nitrogen and oxygen atoms in total. The van der Waals surface area contributed by atoms with Crippen molar-refractivity contribution >= 4 is 18.6 Å². The molecule has 7 heavy (non-hydrogen) atoms. The van der Waals surface area contributed by atoms with Gasteiger partial charge in [-0.3, -0.25) is 0 Å². The van der Waals surface area contributed by atoms with Gasteiger partial charge in [0.05, 0.1) is 0 Å². The maximum Gasteiger partial charge on any atom is 0.503 e. The van der Waals surface area contributed by atoms with E-state index in [1.54, 1.807) is 0 Å². The Balaban J connectivity index is -0.0000000150. The van der Waals surface area contributed by atoms with Crippen molar-refractivity contribution in [2.45, 2.75) is 0 Å². The molecule has 0 aliphatic heterocycles. The van der Waals surface area contributed by atoms with Crippen molar-refractivity contribution in [3.63, 3.8) is 0 Å². The van der Waals surface area contributed by atoms with Crippen LogP contribution in [0.15, 0.2) is 0 Å². The number of hydrogen-bond donors (Lipinski definition) is 2. The third-order valence-electron chi connectivity index (χ3n) is 0. The van der Waals surface area contributed by atoms with Crippen LogP contribution in [0.5, 0.6) is 0 Å². The minimum Gasteiger partial charge on any atom is -0.450 e.